The number of hydrogen-bond acceptors (Lipinski definition) is 7. The van der Waals surface area contributed by atoms with E-state index in [9.17, 15) is 14.9 Å². The molecule has 1 aliphatic rings. The second kappa shape index (κ2) is 8.07. The normalized spacial score (nSPS) is 14.3. The zero-order chi connectivity index (χ0) is 19.4. The number of rotatable bonds is 5. The van der Waals surface area contributed by atoms with E-state index in [2.05, 4.69) is 15.2 Å². The van der Waals surface area contributed by atoms with Crippen molar-refractivity contribution in [3.8, 4) is 0 Å². The number of anilines is 1. The Labute approximate surface area is 157 Å². The third-order valence-corrected chi connectivity index (χ3v) is 4.67. The van der Waals surface area contributed by atoms with Crippen LogP contribution in [0.1, 0.15) is 35.6 Å². The number of piperazine rings is 1. The number of hydrogen-bond donors (Lipinski definition) is 0. The SMILES string of the molecule is CCc1nnc(N2CCN(C(=O)c3ccc([N+](=O)[O-])cc3)CC2)nc1CC. The first-order valence-corrected chi connectivity index (χ1v) is 9.04. The van der Waals surface area contributed by atoms with E-state index in [0.29, 0.717) is 37.7 Å². The fraction of sp³-hybridized carbons (Fsp3) is 0.444. The van der Waals surface area contributed by atoms with E-state index in [1.165, 1.54) is 24.3 Å². The van der Waals surface area contributed by atoms with Crippen LogP contribution in [0.3, 0.4) is 0 Å². The average Bonchev–Trinajstić information content (AvgIpc) is 2.72. The van der Waals surface area contributed by atoms with E-state index < -0.39 is 4.92 Å². The molecule has 0 radical (unpaired) electrons. The van der Waals surface area contributed by atoms with Gasteiger partial charge in [-0.15, -0.1) is 5.10 Å². The molecule has 142 valence electrons. The fourth-order valence-corrected chi connectivity index (χ4v) is 3.08. The van der Waals surface area contributed by atoms with Crippen LogP contribution in [-0.2, 0) is 12.8 Å². The summed E-state index contributed by atoms with van der Waals surface area (Å²) in [6.45, 7) is 6.40. The van der Waals surface area contributed by atoms with Crippen LogP contribution in [0.5, 0.6) is 0 Å². The van der Waals surface area contributed by atoms with Crippen LogP contribution in [0, 0.1) is 10.1 Å². The van der Waals surface area contributed by atoms with Crippen LogP contribution < -0.4 is 4.90 Å². The van der Waals surface area contributed by atoms with Gasteiger partial charge >= 0.3 is 0 Å². The molecule has 0 aliphatic carbocycles. The molecule has 0 unspecified atom stereocenters. The predicted octanol–water partition coefficient (Wildman–Crippen LogP) is 1.87. The number of non-ortho nitro benzene ring substituents is 1. The molecule has 9 heteroatoms. The molecule has 0 saturated carbocycles. The van der Waals surface area contributed by atoms with Crippen molar-refractivity contribution in [2.75, 3.05) is 31.1 Å². The number of carbonyl (C=O) groups is 1. The standard InChI is InChI=1S/C18H22N6O3/c1-3-15-16(4-2)20-21-18(19-15)23-11-9-22(10-12-23)17(25)13-5-7-14(8-6-13)24(26)27/h5-8H,3-4,9-12H2,1-2H3. The van der Waals surface area contributed by atoms with Gasteiger partial charge in [0.2, 0.25) is 5.95 Å². The first-order valence-electron chi connectivity index (χ1n) is 9.04. The van der Waals surface area contributed by atoms with Crippen molar-refractivity contribution < 1.29 is 9.72 Å². The monoisotopic (exact) mass is 370 g/mol. The Bertz CT molecular complexity index is 831. The highest BCUT2D eigenvalue weighted by atomic mass is 16.6. The van der Waals surface area contributed by atoms with Crippen molar-refractivity contribution in [2.45, 2.75) is 26.7 Å². The van der Waals surface area contributed by atoms with Crippen LogP contribution in [0.25, 0.3) is 0 Å². The molecule has 1 saturated heterocycles. The van der Waals surface area contributed by atoms with Gasteiger partial charge in [-0.2, -0.15) is 5.10 Å². The number of benzene rings is 1. The third-order valence-electron chi connectivity index (χ3n) is 4.67. The molecule has 1 aliphatic heterocycles. The molecular weight excluding hydrogens is 348 g/mol. The first-order chi connectivity index (χ1) is 13.0. The highest BCUT2D eigenvalue weighted by Gasteiger charge is 2.24. The van der Waals surface area contributed by atoms with E-state index in [-0.39, 0.29) is 11.6 Å². The summed E-state index contributed by atoms with van der Waals surface area (Å²) in [4.78, 5) is 31.3. The van der Waals surface area contributed by atoms with Gasteiger partial charge < -0.3 is 9.80 Å². The summed E-state index contributed by atoms with van der Waals surface area (Å²) in [5, 5.41) is 19.2. The lowest BCUT2D eigenvalue weighted by Crippen LogP contribution is -2.49. The smallest absolute Gasteiger partial charge is 0.269 e. The van der Waals surface area contributed by atoms with Crippen molar-refractivity contribution in [1.29, 1.82) is 0 Å². The molecule has 0 bridgehead atoms. The first kappa shape index (κ1) is 18.7. The van der Waals surface area contributed by atoms with E-state index in [4.69, 9.17) is 0 Å². The Balaban J connectivity index is 1.64. The molecular formula is C18H22N6O3. The van der Waals surface area contributed by atoms with Gasteiger partial charge in [0.25, 0.3) is 11.6 Å². The lowest BCUT2D eigenvalue weighted by molar-refractivity contribution is -0.384. The summed E-state index contributed by atoms with van der Waals surface area (Å²) in [5.41, 5.74) is 2.32. The summed E-state index contributed by atoms with van der Waals surface area (Å²) in [6.07, 6.45) is 1.62. The third kappa shape index (κ3) is 4.02. The maximum atomic E-state index is 12.6. The lowest BCUT2D eigenvalue weighted by Gasteiger charge is -2.34. The van der Waals surface area contributed by atoms with Crippen LogP contribution in [0.2, 0.25) is 0 Å². The largest absolute Gasteiger partial charge is 0.336 e. The minimum absolute atomic E-state index is 0.0247. The maximum absolute atomic E-state index is 12.6. The van der Waals surface area contributed by atoms with Crippen molar-refractivity contribution in [1.82, 2.24) is 20.1 Å². The Hall–Kier alpha value is -3.10. The zero-order valence-corrected chi connectivity index (χ0v) is 15.5. The number of aryl methyl sites for hydroxylation is 2. The molecule has 1 amide bonds. The van der Waals surface area contributed by atoms with Crippen LogP contribution >= 0.6 is 0 Å². The van der Waals surface area contributed by atoms with Crippen molar-refractivity contribution in [3.05, 3.63) is 51.3 Å². The number of nitro benzene ring substituents is 1. The average molecular weight is 370 g/mol. The minimum atomic E-state index is -0.477. The summed E-state index contributed by atoms with van der Waals surface area (Å²) in [7, 11) is 0. The summed E-state index contributed by atoms with van der Waals surface area (Å²) >= 11 is 0. The van der Waals surface area contributed by atoms with Gasteiger partial charge in [0, 0.05) is 43.9 Å². The maximum Gasteiger partial charge on any atom is 0.269 e. The number of nitrogens with zero attached hydrogens (tertiary/aromatic N) is 6. The van der Waals surface area contributed by atoms with E-state index in [0.717, 1.165) is 24.2 Å². The van der Waals surface area contributed by atoms with Crippen molar-refractivity contribution in [2.24, 2.45) is 0 Å². The molecule has 9 nitrogen and oxygen atoms in total. The summed E-state index contributed by atoms with van der Waals surface area (Å²) < 4.78 is 0. The van der Waals surface area contributed by atoms with Crippen LogP contribution in [0.15, 0.2) is 24.3 Å². The molecule has 1 aromatic carbocycles. The second-order valence-corrected chi connectivity index (χ2v) is 6.30. The van der Waals surface area contributed by atoms with E-state index in [1.807, 2.05) is 18.7 Å². The Morgan fingerprint density at radius 1 is 1.04 bits per heavy atom. The molecule has 0 spiro atoms. The molecule has 1 fully saturated rings. The number of amides is 1. The highest BCUT2D eigenvalue weighted by molar-refractivity contribution is 5.94. The van der Waals surface area contributed by atoms with Gasteiger partial charge in [-0.05, 0) is 25.0 Å². The summed E-state index contributed by atoms with van der Waals surface area (Å²) in [5.74, 6) is 0.477. The summed E-state index contributed by atoms with van der Waals surface area (Å²) in [6, 6.07) is 5.70. The molecule has 0 N–H and O–H groups in total. The highest BCUT2D eigenvalue weighted by Crippen LogP contribution is 2.17. The van der Waals surface area contributed by atoms with Gasteiger partial charge in [0.05, 0.1) is 16.3 Å². The molecule has 0 atom stereocenters. The second-order valence-electron chi connectivity index (χ2n) is 6.30. The molecule has 2 heterocycles. The molecule has 1 aromatic heterocycles. The van der Waals surface area contributed by atoms with E-state index in [1.54, 1.807) is 4.90 Å². The Kier molecular flexibility index (Phi) is 5.58. The van der Waals surface area contributed by atoms with Crippen LogP contribution in [0.4, 0.5) is 11.6 Å². The minimum Gasteiger partial charge on any atom is -0.336 e. The van der Waals surface area contributed by atoms with Gasteiger partial charge in [-0.3, -0.25) is 14.9 Å². The van der Waals surface area contributed by atoms with Crippen molar-refractivity contribution in [3.63, 3.8) is 0 Å². The van der Waals surface area contributed by atoms with Gasteiger partial charge in [0.1, 0.15) is 0 Å². The van der Waals surface area contributed by atoms with E-state index >= 15 is 0 Å². The predicted molar refractivity (Wildman–Crippen MR) is 99.8 cm³/mol. The van der Waals surface area contributed by atoms with Gasteiger partial charge in [-0.1, -0.05) is 13.8 Å². The lowest BCUT2D eigenvalue weighted by atomic mass is 10.1. The number of aromatic nitrogens is 3. The zero-order valence-electron chi connectivity index (χ0n) is 15.5. The van der Waals surface area contributed by atoms with Gasteiger partial charge in [0.15, 0.2) is 0 Å². The van der Waals surface area contributed by atoms with Gasteiger partial charge in [-0.25, -0.2) is 4.98 Å². The van der Waals surface area contributed by atoms with Crippen LogP contribution in [-0.4, -0.2) is 57.1 Å². The molecule has 3 rings (SSSR count). The number of nitro groups is 1. The molecule has 27 heavy (non-hydrogen) atoms. The quantitative estimate of drug-likeness (QED) is 0.584. The molecule has 2 aromatic rings. The Morgan fingerprint density at radius 2 is 1.67 bits per heavy atom. The Morgan fingerprint density at radius 3 is 2.22 bits per heavy atom. The topological polar surface area (TPSA) is 105 Å². The van der Waals surface area contributed by atoms with Crippen molar-refractivity contribution >= 4 is 17.5 Å². The fourth-order valence-electron chi connectivity index (χ4n) is 3.08. The number of carbonyl (C=O) groups excluding carboxylic acids is 1.